The lowest BCUT2D eigenvalue weighted by atomic mass is 9.99. The monoisotopic (exact) mass is 851 g/mol. The third kappa shape index (κ3) is 5.48. The second-order valence-electron chi connectivity index (χ2n) is 16.3. The van der Waals surface area contributed by atoms with Gasteiger partial charge in [-0.3, -0.25) is 9.13 Å². The summed E-state index contributed by atoms with van der Waals surface area (Å²) >= 11 is 1.88. The Hall–Kier alpha value is -7.84. The Morgan fingerprint density at radius 3 is 1.39 bits per heavy atom. The van der Waals surface area contributed by atoms with Crippen molar-refractivity contribution in [3.63, 3.8) is 0 Å². The van der Waals surface area contributed by atoms with Gasteiger partial charge in [-0.25, -0.2) is 0 Å². The molecule has 4 heterocycles. The Bertz CT molecular complexity index is 3680. The van der Waals surface area contributed by atoms with Crippen LogP contribution in [0, 0.1) is 0 Å². The second kappa shape index (κ2) is 14.6. The molecule has 0 unspecified atom stereocenters. The van der Waals surface area contributed by atoms with Gasteiger partial charge in [-0.15, -0.1) is 0 Å². The van der Waals surface area contributed by atoms with E-state index in [1.807, 2.05) is 11.8 Å². The van der Waals surface area contributed by atoms with Crippen LogP contribution in [0.1, 0.15) is 0 Å². The van der Waals surface area contributed by atoms with Gasteiger partial charge >= 0.3 is 0 Å². The molecule has 0 spiro atoms. The van der Waals surface area contributed by atoms with E-state index < -0.39 is 8.07 Å². The van der Waals surface area contributed by atoms with E-state index in [1.54, 1.807) is 0 Å². The van der Waals surface area contributed by atoms with E-state index in [0.717, 1.165) is 60.3 Å². The van der Waals surface area contributed by atoms with Gasteiger partial charge < -0.3 is 0 Å². The van der Waals surface area contributed by atoms with Crippen molar-refractivity contribution in [3.05, 3.63) is 224 Å². The number of benzene rings is 9. The molecule has 13 rings (SSSR count). The first kappa shape index (κ1) is 36.8. The normalized spacial score (nSPS) is 13.1. The topological polar surface area (TPSA) is 48.5 Å². The fraction of sp³-hybridized carbons (Fsp3) is 0. The van der Waals surface area contributed by atoms with Crippen molar-refractivity contribution >= 4 is 84.2 Å². The summed E-state index contributed by atoms with van der Waals surface area (Å²) in [5.41, 5.74) is 7.25. The van der Waals surface area contributed by atoms with E-state index in [-0.39, 0.29) is 0 Å². The fourth-order valence-electron chi connectivity index (χ4n) is 10.3. The number of rotatable bonds is 6. The van der Waals surface area contributed by atoms with Crippen LogP contribution >= 0.6 is 11.8 Å². The minimum absolute atomic E-state index is 0.559. The van der Waals surface area contributed by atoms with E-state index >= 15 is 0 Å². The number of hydrogen-bond donors (Lipinski definition) is 0. The van der Waals surface area contributed by atoms with Crippen LogP contribution in [0.2, 0.25) is 0 Å². The van der Waals surface area contributed by atoms with E-state index in [2.05, 4.69) is 234 Å². The number of aromatic nitrogens is 5. The SMILES string of the molecule is c1ccc(-c2ccccc2-c2nc(-n3c4ccccc4c4ccccc43)nc(-n3c4ccccc4c4ccc([Si]5(c6ccccc6)c6ccccc6Sc6ccccc65)cc43)n2)cc1. The Morgan fingerprint density at radius 2 is 0.797 bits per heavy atom. The molecule has 1 aliphatic heterocycles. The zero-order chi connectivity index (χ0) is 42.2. The molecule has 12 aromatic rings. The van der Waals surface area contributed by atoms with E-state index in [9.17, 15) is 0 Å². The molecule has 3 aromatic heterocycles. The average molecular weight is 852 g/mol. The molecule has 0 saturated heterocycles. The molecule has 9 aromatic carbocycles. The van der Waals surface area contributed by atoms with Crippen LogP contribution in [0.4, 0.5) is 0 Å². The largest absolute Gasteiger partial charge is 0.278 e. The van der Waals surface area contributed by atoms with E-state index in [4.69, 9.17) is 15.0 Å². The van der Waals surface area contributed by atoms with Crippen molar-refractivity contribution in [1.29, 1.82) is 0 Å². The summed E-state index contributed by atoms with van der Waals surface area (Å²) < 4.78 is 4.49. The quantitative estimate of drug-likeness (QED) is 0.156. The molecule has 0 aliphatic carbocycles. The number of fused-ring (bicyclic) bond motifs is 8. The van der Waals surface area contributed by atoms with Crippen molar-refractivity contribution in [1.82, 2.24) is 24.1 Å². The molecule has 1 aliphatic rings. The van der Waals surface area contributed by atoms with Crippen molar-refractivity contribution in [2.75, 3.05) is 0 Å². The fourth-order valence-corrected chi connectivity index (χ4v) is 17.2. The summed E-state index contributed by atoms with van der Waals surface area (Å²) in [4.78, 5) is 19.1. The third-order valence-corrected chi connectivity index (χ3v) is 19.3. The third-order valence-electron chi connectivity index (χ3n) is 13.0. The van der Waals surface area contributed by atoms with Crippen LogP contribution < -0.4 is 20.7 Å². The molecule has 64 heavy (non-hydrogen) atoms. The highest BCUT2D eigenvalue weighted by atomic mass is 32.2. The first-order valence-corrected chi connectivity index (χ1v) is 24.4. The van der Waals surface area contributed by atoms with Gasteiger partial charge in [-0.1, -0.05) is 200 Å². The van der Waals surface area contributed by atoms with E-state index in [0.29, 0.717) is 17.7 Å². The lowest BCUT2D eigenvalue weighted by molar-refractivity contribution is 0.893. The van der Waals surface area contributed by atoms with Crippen molar-refractivity contribution in [3.8, 4) is 34.4 Å². The van der Waals surface area contributed by atoms with Crippen LogP contribution in [-0.2, 0) is 0 Å². The average Bonchev–Trinajstić information content (AvgIpc) is 3.89. The lowest BCUT2D eigenvalue weighted by Crippen LogP contribution is -2.76. The molecule has 300 valence electrons. The van der Waals surface area contributed by atoms with Crippen LogP contribution in [0.3, 0.4) is 0 Å². The number of nitrogens with zero attached hydrogens (tertiary/aromatic N) is 5. The first-order valence-electron chi connectivity index (χ1n) is 21.6. The Balaban J connectivity index is 1.15. The molecule has 0 saturated carbocycles. The van der Waals surface area contributed by atoms with Gasteiger partial charge in [0.2, 0.25) is 11.9 Å². The van der Waals surface area contributed by atoms with Gasteiger partial charge in [0.05, 0.1) is 22.1 Å². The minimum Gasteiger partial charge on any atom is -0.278 e. The van der Waals surface area contributed by atoms with Crippen LogP contribution in [0.5, 0.6) is 0 Å². The first-order chi connectivity index (χ1) is 31.8. The highest BCUT2D eigenvalue weighted by Gasteiger charge is 2.47. The zero-order valence-corrected chi connectivity index (χ0v) is 36.3. The maximum Gasteiger partial charge on any atom is 0.240 e. The smallest absolute Gasteiger partial charge is 0.240 e. The van der Waals surface area contributed by atoms with Crippen LogP contribution in [-0.4, -0.2) is 32.2 Å². The summed E-state index contributed by atoms with van der Waals surface area (Å²) in [6.07, 6.45) is 0. The van der Waals surface area contributed by atoms with Crippen LogP contribution in [0.25, 0.3) is 78.0 Å². The molecular formula is C57H37N5SSi. The summed E-state index contributed by atoms with van der Waals surface area (Å²) in [6.45, 7) is 0. The van der Waals surface area contributed by atoms with Gasteiger partial charge in [-0.05, 0) is 68.3 Å². The van der Waals surface area contributed by atoms with E-state index in [1.165, 1.54) is 30.5 Å². The summed E-state index contributed by atoms with van der Waals surface area (Å²) in [7, 11) is -2.88. The Kier molecular flexibility index (Phi) is 8.41. The Morgan fingerprint density at radius 1 is 0.344 bits per heavy atom. The van der Waals surface area contributed by atoms with Gasteiger partial charge in [0, 0.05) is 36.9 Å². The molecule has 0 bridgehead atoms. The van der Waals surface area contributed by atoms with Gasteiger partial charge in [0.1, 0.15) is 0 Å². The van der Waals surface area contributed by atoms with Crippen molar-refractivity contribution in [2.45, 2.75) is 9.79 Å². The maximum atomic E-state index is 5.55. The Labute approximate surface area is 375 Å². The van der Waals surface area contributed by atoms with Crippen molar-refractivity contribution < 1.29 is 0 Å². The number of para-hydroxylation sites is 3. The molecule has 7 heteroatoms. The highest BCUT2D eigenvalue weighted by molar-refractivity contribution is 8.00. The highest BCUT2D eigenvalue weighted by Crippen LogP contribution is 2.38. The molecule has 0 N–H and O–H groups in total. The molecule has 0 atom stereocenters. The molecule has 0 amide bonds. The van der Waals surface area contributed by atoms with Crippen LogP contribution in [0.15, 0.2) is 234 Å². The summed E-state index contributed by atoms with van der Waals surface area (Å²) in [5, 5.41) is 10.1. The summed E-state index contributed by atoms with van der Waals surface area (Å²) in [6, 6.07) is 81.2. The second-order valence-corrected chi connectivity index (χ2v) is 21.2. The maximum absolute atomic E-state index is 5.55. The molecular weight excluding hydrogens is 815 g/mol. The van der Waals surface area contributed by atoms with Gasteiger partial charge in [0.25, 0.3) is 0 Å². The zero-order valence-electron chi connectivity index (χ0n) is 34.5. The van der Waals surface area contributed by atoms with Gasteiger partial charge in [-0.2, -0.15) is 15.0 Å². The minimum atomic E-state index is -2.88. The predicted molar refractivity (Wildman–Crippen MR) is 267 cm³/mol. The molecule has 0 radical (unpaired) electrons. The molecule has 5 nitrogen and oxygen atoms in total. The standard InChI is InChI=1S/C57H37N5SSi/c1-3-19-38(20-4-1)41-23-7-8-27-46(41)55-58-56(61-47-28-12-9-24-42(47)43-25-10-13-29-48(43)61)60-57(59-55)62-49-30-14-11-26-44(49)45-36-35-40(37-50(45)62)64(39-21-5-2-6-22-39)53-33-17-15-31-51(53)63-52-32-16-18-34-54(52)64/h1-37H. The molecule has 0 fully saturated rings. The summed E-state index contributed by atoms with van der Waals surface area (Å²) in [5.74, 6) is 1.72. The predicted octanol–water partition coefficient (Wildman–Crippen LogP) is 11.2. The van der Waals surface area contributed by atoms with Gasteiger partial charge in [0.15, 0.2) is 13.9 Å². The van der Waals surface area contributed by atoms with Crippen molar-refractivity contribution in [2.24, 2.45) is 0 Å². The lowest BCUT2D eigenvalue weighted by Gasteiger charge is -2.39. The number of hydrogen-bond acceptors (Lipinski definition) is 4.